The SMILES string of the molecule is Cc1cc2n(n1)-c1ccccc1NC2. The highest BCUT2D eigenvalue weighted by molar-refractivity contribution is 5.63. The minimum absolute atomic E-state index is 0.859. The Balaban J connectivity index is 2.28. The first-order valence-corrected chi connectivity index (χ1v) is 4.73. The van der Waals surface area contributed by atoms with E-state index in [2.05, 4.69) is 28.6 Å². The third-order valence-corrected chi connectivity index (χ3v) is 2.50. The van der Waals surface area contributed by atoms with Gasteiger partial charge >= 0.3 is 0 Å². The van der Waals surface area contributed by atoms with E-state index >= 15 is 0 Å². The van der Waals surface area contributed by atoms with Crippen LogP contribution >= 0.6 is 0 Å². The highest BCUT2D eigenvalue weighted by atomic mass is 15.3. The summed E-state index contributed by atoms with van der Waals surface area (Å²) in [4.78, 5) is 0. The van der Waals surface area contributed by atoms with Crippen molar-refractivity contribution < 1.29 is 0 Å². The molecule has 14 heavy (non-hydrogen) atoms. The summed E-state index contributed by atoms with van der Waals surface area (Å²) in [5.74, 6) is 0. The average Bonchev–Trinajstić information content (AvgIpc) is 2.59. The van der Waals surface area contributed by atoms with Crippen molar-refractivity contribution in [3.63, 3.8) is 0 Å². The topological polar surface area (TPSA) is 29.9 Å². The van der Waals surface area contributed by atoms with Crippen molar-refractivity contribution in [3.8, 4) is 5.69 Å². The van der Waals surface area contributed by atoms with Crippen LogP contribution in [0.15, 0.2) is 30.3 Å². The molecule has 0 bridgehead atoms. The fourth-order valence-corrected chi connectivity index (χ4v) is 1.88. The summed E-state index contributed by atoms with van der Waals surface area (Å²) in [6.45, 7) is 2.88. The summed E-state index contributed by atoms with van der Waals surface area (Å²) in [7, 11) is 0. The highest BCUT2D eigenvalue weighted by Gasteiger charge is 2.15. The summed E-state index contributed by atoms with van der Waals surface area (Å²) in [6.07, 6.45) is 0. The number of aryl methyl sites for hydroxylation is 1. The largest absolute Gasteiger partial charge is 0.378 e. The number of fused-ring (bicyclic) bond motifs is 3. The molecule has 1 aliphatic heterocycles. The predicted octanol–water partition coefficient (Wildman–Crippen LogP) is 2.11. The van der Waals surface area contributed by atoms with Gasteiger partial charge in [-0.1, -0.05) is 12.1 Å². The Morgan fingerprint density at radius 3 is 3.14 bits per heavy atom. The van der Waals surface area contributed by atoms with Crippen LogP contribution in [-0.4, -0.2) is 9.78 Å². The van der Waals surface area contributed by atoms with Crippen molar-refractivity contribution >= 4 is 5.69 Å². The molecule has 0 amide bonds. The van der Waals surface area contributed by atoms with Crippen LogP contribution in [0.2, 0.25) is 0 Å². The molecule has 3 rings (SSSR count). The van der Waals surface area contributed by atoms with E-state index in [1.165, 1.54) is 5.69 Å². The average molecular weight is 185 g/mol. The van der Waals surface area contributed by atoms with Crippen molar-refractivity contribution in [2.45, 2.75) is 13.5 Å². The molecule has 0 unspecified atom stereocenters. The van der Waals surface area contributed by atoms with Crippen molar-refractivity contribution in [1.82, 2.24) is 9.78 Å². The number of anilines is 1. The standard InChI is InChI=1S/C11H11N3/c1-8-6-9-7-12-10-4-2-3-5-11(10)14(9)13-8/h2-6,12H,7H2,1H3. The molecule has 0 aliphatic carbocycles. The van der Waals surface area contributed by atoms with E-state index in [9.17, 15) is 0 Å². The monoisotopic (exact) mass is 185 g/mol. The zero-order valence-electron chi connectivity index (χ0n) is 7.99. The Morgan fingerprint density at radius 1 is 1.36 bits per heavy atom. The molecule has 2 aromatic rings. The van der Waals surface area contributed by atoms with Crippen LogP contribution in [-0.2, 0) is 6.54 Å². The molecule has 70 valence electrons. The van der Waals surface area contributed by atoms with Crippen LogP contribution in [0, 0.1) is 6.92 Å². The minimum atomic E-state index is 0.859. The second-order valence-corrected chi connectivity index (χ2v) is 3.56. The number of nitrogens with one attached hydrogen (secondary N) is 1. The highest BCUT2D eigenvalue weighted by Crippen LogP contribution is 2.26. The fraction of sp³-hybridized carbons (Fsp3) is 0.182. The molecule has 0 spiro atoms. The molecular weight excluding hydrogens is 174 g/mol. The Bertz CT molecular complexity index is 485. The number of para-hydroxylation sites is 2. The van der Waals surface area contributed by atoms with Crippen LogP contribution in [0.25, 0.3) is 5.69 Å². The molecule has 0 atom stereocenters. The van der Waals surface area contributed by atoms with Gasteiger partial charge in [0.1, 0.15) is 0 Å². The fourth-order valence-electron chi connectivity index (χ4n) is 1.88. The van der Waals surface area contributed by atoms with Crippen molar-refractivity contribution in [1.29, 1.82) is 0 Å². The van der Waals surface area contributed by atoms with Gasteiger partial charge < -0.3 is 5.32 Å². The lowest BCUT2D eigenvalue weighted by atomic mass is 10.2. The summed E-state index contributed by atoms with van der Waals surface area (Å²) < 4.78 is 2.02. The number of nitrogens with zero attached hydrogens (tertiary/aromatic N) is 2. The van der Waals surface area contributed by atoms with Crippen LogP contribution < -0.4 is 5.32 Å². The summed E-state index contributed by atoms with van der Waals surface area (Å²) in [6, 6.07) is 10.3. The molecule has 1 aliphatic rings. The summed E-state index contributed by atoms with van der Waals surface area (Å²) in [5, 5.41) is 7.84. The first-order chi connectivity index (χ1) is 6.84. The normalized spacial score (nSPS) is 12.9. The lowest BCUT2D eigenvalue weighted by molar-refractivity contribution is 0.788. The first kappa shape index (κ1) is 7.62. The predicted molar refractivity (Wildman–Crippen MR) is 55.6 cm³/mol. The second kappa shape index (κ2) is 2.61. The molecule has 0 fully saturated rings. The van der Waals surface area contributed by atoms with Gasteiger partial charge in [-0.15, -0.1) is 0 Å². The third-order valence-electron chi connectivity index (χ3n) is 2.50. The number of rotatable bonds is 0. The van der Waals surface area contributed by atoms with E-state index in [4.69, 9.17) is 0 Å². The van der Waals surface area contributed by atoms with Crippen LogP contribution in [0.5, 0.6) is 0 Å². The maximum atomic E-state index is 4.47. The van der Waals surface area contributed by atoms with Crippen LogP contribution in [0.4, 0.5) is 5.69 Å². The van der Waals surface area contributed by atoms with E-state index in [1.54, 1.807) is 0 Å². The summed E-state index contributed by atoms with van der Waals surface area (Å²) in [5.41, 5.74) is 4.59. The molecule has 0 radical (unpaired) electrons. The van der Waals surface area contributed by atoms with Gasteiger partial charge in [0.2, 0.25) is 0 Å². The Hall–Kier alpha value is -1.77. The van der Waals surface area contributed by atoms with Crippen LogP contribution in [0.3, 0.4) is 0 Å². The second-order valence-electron chi connectivity index (χ2n) is 3.56. The maximum absolute atomic E-state index is 4.47. The van der Waals surface area contributed by atoms with Gasteiger partial charge in [-0.3, -0.25) is 0 Å². The molecule has 0 saturated heterocycles. The molecule has 0 saturated carbocycles. The van der Waals surface area contributed by atoms with E-state index in [0.717, 1.165) is 23.6 Å². The van der Waals surface area contributed by atoms with E-state index in [0.29, 0.717) is 0 Å². The van der Waals surface area contributed by atoms with E-state index in [-0.39, 0.29) is 0 Å². The maximum Gasteiger partial charge on any atom is 0.0881 e. The molecule has 1 N–H and O–H groups in total. The van der Waals surface area contributed by atoms with Crippen molar-refractivity contribution in [2.75, 3.05) is 5.32 Å². The number of benzene rings is 1. The number of hydrogen-bond acceptors (Lipinski definition) is 2. The molecule has 3 nitrogen and oxygen atoms in total. The Kier molecular flexibility index (Phi) is 1.42. The van der Waals surface area contributed by atoms with Gasteiger partial charge in [0.15, 0.2) is 0 Å². The Morgan fingerprint density at radius 2 is 2.21 bits per heavy atom. The minimum Gasteiger partial charge on any atom is -0.378 e. The van der Waals surface area contributed by atoms with Gasteiger partial charge in [0, 0.05) is 0 Å². The third kappa shape index (κ3) is 0.954. The van der Waals surface area contributed by atoms with Gasteiger partial charge in [0.05, 0.1) is 29.3 Å². The molecular formula is C11H11N3. The zero-order valence-corrected chi connectivity index (χ0v) is 7.99. The lowest BCUT2D eigenvalue weighted by Crippen LogP contribution is -2.15. The molecule has 2 heterocycles. The first-order valence-electron chi connectivity index (χ1n) is 4.73. The van der Waals surface area contributed by atoms with Crippen LogP contribution in [0.1, 0.15) is 11.4 Å². The van der Waals surface area contributed by atoms with E-state index in [1.807, 2.05) is 23.7 Å². The quantitative estimate of drug-likeness (QED) is 0.681. The van der Waals surface area contributed by atoms with Crippen molar-refractivity contribution in [3.05, 3.63) is 41.7 Å². The lowest BCUT2D eigenvalue weighted by Gasteiger charge is -2.19. The number of hydrogen-bond donors (Lipinski definition) is 1. The summed E-state index contributed by atoms with van der Waals surface area (Å²) >= 11 is 0. The van der Waals surface area contributed by atoms with Crippen molar-refractivity contribution in [2.24, 2.45) is 0 Å². The van der Waals surface area contributed by atoms with Gasteiger partial charge in [-0.2, -0.15) is 5.10 Å². The van der Waals surface area contributed by atoms with Gasteiger partial charge in [0.25, 0.3) is 0 Å². The molecule has 1 aromatic heterocycles. The molecule has 3 heteroatoms. The van der Waals surface area contributed by atoms with Gasteiger partial charge in [-0.05, 0) is 25.1 Å². The Labute approximate surface area is 82.4 Å². The van der Waals surface area contributed by atoms with E-state index < -0.39 is 0 Å². The molecule has 1 aromatic carbocycles. The number of aromatic nitrogens is 2. The van der Waals surface area contributed by atoms with Gasteiger partial charge in [-0.25, -0.2) is 4.68 Å². The smallest absolute Gasteiger partial charge is 0.0881 e. The zero-order chi connectivity index (χ0) is 9.54.